The molecule has 1 amide bonds. The molecule has 7 nitrogen and oxygen atoms in total. The molecule has 0 aliphatic heterocycles. The molecule has 1 unspecified atom stereocenters. The monoisotopic (exact) mass is 324 g/mol. The molecular weight excluding hydrogens is 308 g/mol. The number of nitrogens with zero attached hydrogens (tertiary/aromatic N) is 2. The minimum absolute atomic E-state index is 0.0840. The standard InChI is InChI=1S/C14H16N2O5S/c1-2-21-13(17)15-22(20,14-7-10(8-14)9-14)12-5-3-11(4-6-12)16(18)19/h3-6,10H,2,7-9H2,1H3. The molecule has 1 aromatic rings. The number of hydrogen-bond donors (Lipinski definition) is 0. The summed E-state index contributed by atoms with van der Waals surface area (Å²) in [5, 5.41) is 10.7. The van der Waals surface area contributed by atoms with Crippen LogP contribution >= 0.6 is 0 Å². The predicted octanol–water partition coefficient (Wildman–Crippen LogP) is 3.13. The molecule has 0 saturated heterocycles. The lowest BCUT2D eigenvalue weighted by atomic mass is 9.55. The van der Waals surface area contributed by atoms with Gasteiger partial charge in [-0.05, 0) is 44.2 Å². The summed E-state index contributed by atoms with van der Waals surface area (Å²) in [5.41, 5.74) is -0.0840. The first-order chi connectivity index (χ1) is 10.4. The molecule has 0 spiro atoms. The second-order valence-electron chi connectivity index (χ2n) is 5.73. The Hall–Kier alpha value is -1.96. The Kier molecular flexibility index (Phi) is 3.43. The molecule has 0 radical (unpaired) electrons. The highest BCUT2D eigenvalue weighted by atomic mass is 32.2. The van der Waals surface area contributed by atoms with Gasteiger partial charge in [-0.2, -0.15) is 0 Å². The highest BCUT2D eigenvalue weighted by Crippen LogP contribution is 2.64. The van der Waals surface area contributed by atoms with Crippen LogP contribution in [0.2, 0.25) is 0 Å². The van der Waals surface area contributed by atoms with E-state index in [4.69, 9.17) is 4.74 Å². The Morgan fingerprint density at radius 1 is 1.41 bits per heavy atom. The molecule has 22 heavy (non-hydrogen) atoms. The lowest BCUT2D eigenvalue weighted by molar-refractivity contribution is -0.384. The molecular formula is C14H16N2O5S. The first-order valence-corrected chi connectivity index (χ1v) is 8.60. The summed E-state index contributed by atoms with van der Waals surface area (Å²) in [6.07, 6.45) is 1.51. The number of benzene rings is 1. The van der Waals surface area contributed by atoms with E-state index in [0.717, 1.165) is 19.3 Å². The lowest BCUT2D eigenvalue weighted by Crippen LogP contribution is -2.62. The van der Waals surface area contributed by atoms with Gasteiger partial charge in [-0.15, -0.1) is 4.36 Å². The number of amides is 1. The SMILES string of the molecule is CCOC(=O)N=S(=O)(c1ccc([N+](=O)[O-])cc1)C12CC(C1)C2. The number of rotatable bonds is 4. The van der Waals surface area contributed by atoms with Crippen molar-refractivity contribution < 1.29 is 18.7 Å². The number of ether oxygens (including phenoxy) is 1. The Bertz CT molecular complexity index is 732. The summed E-state index contributed by atoms with van der Waals surface area (Å²) < 4.78 is 21.7. The van der Waals surface area contributed by atoms with E-state index in [2.05, 4.69) is 4.36 Å². The molecule has 0 aromatic heterocycles. The molecule has 8 heteroatoms. The minimum Gasteiger partial charge on any atom is -0.448 e. The third kappa shape index (κ3) is 2.09. The normalized spacial score (nSPS) is 27.8. The molecule has 118 valence electrons. The van der Waals surface area contributed by atoms with Gasteiger partial charge in [0.05, 0.1) is 26.0 Å². The van der Waals surface area contributed by atoms with Gasteiger partial charge in [0.15, 0.2) is 0 Å². The van der Waals surface area contributed by atoms with Gasteiger partial charge >= 0.3 is 6.09 Å². The zero-order valence-corrected chi connectivity index (χ0v) is 12.9. The summed E-state index contributed by atoms with van der Waals surface area (Å²) in [6.45, 7) is 1.82. The summed E-state index contributed by atoms with van der Waals surface area (Å²) >= 11 is 0. The zero-order chi connectivity index (χ0) is 16.0. The van der Waals surface area contributed by atoms with Crippen molar-refractivity contribution in [3.05, 3.63) is 34.4 Å². The van der Waals surface area contributed by atoms with E-state index in [1.807, 2.05) is 0 Å². The van der Waals surface area contributed by atoms with Gasteiger partial charge in [0.1, 0.15) is 0 Å². The van der Waals surface area contributed by atoms with Crippen molar-refractivity contribution in [2.24, 2.45) is 10.3 Å². The second kappa shape index (κ2) is 5.05. The number of nitro benzene ring substituents is 1. The summed E-state index contributed by atoms with van der Waals surface area (Å²) in [7, 11) is -2.98. The van der Waals surface area contributed by atoms with Gasteiger partial charge in [0.25, 0.3) is 5.69 Å². The highest BCUT2D eigenvalue weighted by Gasteiger charge is 2.63. The first kappa shape index (κ1) is 15.0. The van der Waals surface area contributed by atoms with E-state index in [1.165, 1.54) is 24.3 Å². The highest BCUT2D eigenvalue weighted by molar-refractivity contribution is 7.95. The van der Waals surface area contributed by atoms with Crippen LogP contribution in [-0.4, -0.2) is 26.6 Å². The van der Waals surface area contributed by atoms with Crippen LogP contribution in [0, 0.1) is 16.0 Å². The minimum atomic E-state index is -2.98. The van der Waals surface area contributed by atoms with Crippen LogP contribution in [0.5, 0.6) is 0 Å². The Labute approximate surface area is 128 Å². The maximum absolute atomic E-state index is 13.5. The molecule has 2 bridgehead atoms. The fourth-order valence-corrected chi connectivity index (χ4v) is 6.10. The number of non-ortho nitro benzene ring substituents is 1. The number of carbonyl (C=O) groups is 1. The van der Waals surface area contributed by atoms with Gasteiger partial charge in [0, 0.05) is 17.0 Å². The fourth-order valence-electron chi connectivity index (χ4n) is 3.14. The maximum Gasteiger partial charge on any atom is 0.442 e. The van der Waals surface area contributed by atoms with Crippen LogP contribution in [0.1, 0.15) is 26.2 Å². The first-order valence-electron chi connectivity index (χ1n) is 7.08. The maximum atomic E-state index is 13.5. The second-order valence-corrected chi connectivity index (χ2v) is 8.30. The number of hydrogen-bond acceptors (Lipinski definition) is 5. The van der Waals surface area contributed by atoms with Crippen molar-refractivity contribution >= 4 is 21.5 Å². The summed E-state index contributed by atoms with van der Waals surface area (Å²) in [4.78, 5) is 22.3. The molecule has 0 N–H and O–H groups in total. The Balaban J connectivity index is 2.04. The molecule has 1 atom stereocenters. The molecule has 3 saturated carbocycles. The number of nitro groups is 1. The van der Waals surface area contributed by atoms with Crippen molar-refractivity contribution in [3.63, 3.8) is 0 Å². The predicted molar refractivity (Wildman–Crippen MR) is 79.0 cm³/mol. The third-order valence-electron chi connectivity index (χ3n) is 4.41. The molecule has 3 fully saturated rings. The average Bonchev–Trinajstić information content (AvgIpc) is 2.35. The van der Waals surface area contributed by atoms with Crippen LogP contribution in [0.3, 0.4) is 0 Å². The summed E-state index contributed by atoms with van der Waals surface area (Å²) in [6, 6.07) is 5.45. The largest absolute Gasteiger partial charge is 0.448 e. The lowest BCUT2D eigenvalue weighted by Gasteiger charge is -2.61. The number of carbonyl (C=O) groups excluding carboxylic acids is 1. The van der Waals surface area contributed by atoms with Crippen LogP contribution in [0.4, 0.5) is 10.5 Å². The zero-order valence-electron chi connectivity index (χ0n) is 12.1. The van der Waals surface area contributed by atoms with Crippen molar-refractivity contribution in [3.8, 4) is 0 Å². The van der Waals surface area contributed by atoms with E-state index < -0.39 is 25.5 Å². The molecule has 4 rings (SSSR count). The van der Waals surface area contributed by atoms with E-state index in [9.17, 15) is 19.1 Å². The van der Waals surface area contributed by atoms with Gasteiger partial charge in [-0.25, -0.2) is 9.00 Å². The molecule has 0 heterocycles. The van der Waals surface area contributed by atoms with Gasteiger partial charge < -0.3 is 4.74 Å². The van der Waals surface area contributed by atoms with Gasteiger partial charge in [0.2, 0.25) is 0 Å². The van der Waals surface area contributed by atoms with Crippen LogP contribution in [0.15, 0.2) is 33.5 Å². The van der Waals surface area contributed by atoms with Gasteiger partial charge in [-0.1, -0.05) is 0 Å². The van der Waals surface area contributed by atoms with E-state index >= 15 is 0 Å². The van der Waals surface area contributed by atoms with E-state index in [0.29, 0.717) is 10.8 Å². The Morgan fingerprint density at radius 2 is 2.00 bits per heavy atom. The van der Waals surface area contributed by atoms with Crippen molar-refractivity contribution in [1.29, 1.82) is 0 Å². The quantitative estimate of drug-likeness (QED) is 0.626. The van der Waals surface area contributed by atoms with Crippen molar-refractivity contribution in [2.75, 3.05) is 6.61 Å². The summed E-state index contributed by atoms with van der Waals surface area (Å²) in [5.74, 6) is 0.566. The van der Waals surface area contributed by atoms with Crippen LogP contribution in [0.25, 0.3) is 0 Å². The average molecular weight is 324 g/mol. The topological polar surface area (TPSA) is 98.9 Å². The van der Waals surface area contributed by atoms with E-state index in [1.54, 1.807) is 6.92 Å². The Morgan fingerprint density at radius 3 is 2.41 bits per heavy atom. The smallest absolute Gasteiger partial charge is 0.442 e. The molecule has 3 aliphatic rings. The third-order valence-corrected chi connectivity index (χ3v) is 7.40. The molecule has 1 aromatic carbocycles. The van der Waals surface area contributed by atoms with Gasteiger partial charge in [-0.3, -0.25) is 10.1 Å². The van der Waals surface area contributed by atoms with Crippen LogP contribution < -0.4 is 0 Å². The van der Waals surface area contributed by atoms with E-state index in [-0.39, 0.29) is 12.3 Å². The van der Waals surface area contributed by atoms with Crippen molar-refractivity contribution in [2.45, 2.75) is 35.8 Å². The van der Waals surface area contributed by atoms with Crippen LogP contribution in [-0.2, 0) is 14.5 Å². The van der Waals surface area contributed by atoms with Crippen molar-refractivity contribution in [1.82, 2.24) is 0 Å². The molecule has 3 aliphatic carbocycles. The fraction of sp³-hybridized carbons (Fsp3) is 0.500.